The number of phenols is 1. The number of imide groups is 1. The van der Waals surface area contributed by atoms with Gasteiger partial charge in [-0.15, -0.1) is 0 Å². The molecule has 0 spiro atoms. The Morgan fingerprint density at radius 2 is 2.06 bits per heavy atom. The van der Waals surface area contributed by atoms with Gasteiger partial charge in [-0.3, -0.25) is 14.6 Å². The van der Waals surface area contributed by atoms with E-state index >= 15 is 0 Å². The molecule has 0 bridgehead atoms. The van der Waals surface area contributed by atoms with Gasteiger partial charge in [-0.1, -0.05) is 26.0 Å². The second kappa shape index (κ2) is 8.88. The number of phenolic OH excluding ortho intramolecular Hbond substituents is 1. The van der Waals surface area contributed by atoms with E-state index in [0.29, 0.717) is 48.7 Å². The van der Waals surface area contributed by atoms with Crippen molar-refractivity contribution in [1.82, 2.24) is 20.1 Å². The predicted molar refractivity (Wildman–Crippen MR) is 129 cm³/mol. The molecule has 9 heteroatoms. The van der Waals surface area contributed by atoms with E-state index in [2.05, 4.69) is 10.3 Å². The lowest BCUT2D eigenvalue weighted by Crippen LogP contribution is -2.44. The van der Waals surface area contributed by atoms with E-state index in [1.165, 1.54) is 18.1 Å². The van der Waals surface area contributed by atoms with Crippen LogP contribution in [0.4, 0.5) is 9.18 Å². The Kier molecular flexibility index (Phi) is 5.88. The third-order valence-electron chi connectivity index (χ3n) is 6.80. The van der Waals surface area contributed by atoms with Crippen LogP contribution in [-0.4, -0.2) is 64.1 Å². The fourth-order valence-electron chi connectivity index (χ4n) is 5.21. The molecule has 3 amide bonds. The Balaban J connectivity index is 1.59. The number of H-pyrrole nitrogens is 1. The van der Waals surface area contributed by atoms with Crippen molar-refractivity contribution < 1.29 is 23.8 Å². The van der Waals surface area contributed by atoms with Gasteiger partial charge in [0.2, 0.25) is 0 Å². The monoisotopic (exact) mass is 480 g/mol. The number of benzene rings is 2. The van der Waals surface area contributed by atoms with Crippen molar-refractivity contribution >= 4 is 22.8 Å². The number of rotatable bonds is 7. The summed E-state index contributed by atoms with van der Waals surface area (Å²) >= 11 is 0. The van der Waals surface area contributed by atoms with Crippen molar-refractivity contribution in [3.63, 3.8) is 0 Å². The van der Waals surface area contributed by atoms with E-state index in [4.69, 9.17) is 4.74 Å². The van der Waals surface area contributed by atoms with Crippen LogP contribution >= 0.6 is 0 Å². The van der Waals surface area contributed by atoms with Crippen LogP contribution in [0.1, 0.15) is 43.1 Å². The molecule has 3 N–H and O–H groups in total. The lowest BCUT2D eigenvalue weighted by molar-refractivity contribution is -0.128. The van der Waals surface area contributed by atoms with Gasteiger partial charge in [0.15, 0.2) is 11.6 Å². The van der Waals surface area contributed by atoms with Gasteiger partial charge in [0.05, 0.1) is 7.11 Å². The maximum atomic E-state index is 14.5. The van der Waals surface area contributed by atoms with Crippen LogP contribution in [0.15, 0.2) is 36.4 Å². The van der Waals surface area contributed by atoms with Gasteiger partial charge in [-0.25, -0.2) is 9.18 Å². The topological polar surface area (TPSA) is 97.9 Å². The summed E-state index contributed by atoms with van der Waals surface area (Å²) in [6.07, 6.45) is 0.961. The fourth-order valence-corrected chi connectivity index (χ4v) is 5.21. The molecule has 8 nitrogen and oxygen atoms in total. The molecule has 184 valence electrons. The van der Waals surface area contributed by atoms with Gasteiger partial charge < -0.3 is 20.1 Å². The summed E-state index contributed by atoms with van der Waals surface area (Å²) in [5.74, 6) is -0.562. The Labute approximate surface area is 202 Å². The smallest absolute Gasteiger partial charge is 0.328 e. The summed E-state index contributed by atoms with van der Waals surface area (Å²) in [5, 5.41) is 14.2. The van der Waals surface area contributed by atoms with E-state index in [1.54, 1.807) is 29.2 Å². The highest BCUT2D eigenvalue weighted by molar-refractivity contribution is 6.05. The fraction of sp³-hybridized carbons (Fsp3) is 0.385. The molecule has 1 saturated heterocycles. The number of halogens is 1. The van der Waals surface area contributed by atoms with Crippen molar-refractivity contribution in [1.29, 1.82) is 0 Å². The standard InChI is InChI=1S/C26H29FN4O4/c1-14(2)28-8-5-9-30-25(33)21-11-18-17-12-22(35-3)19(27)13-20(17)29-23(18)24(31(21)26(30)34)15-6-4-7-16(32)10-15/h4,6-7,10,12-14,21,24,28-29,32H,5,8-9,11H2,1-3H3/t21-,24?/m0/s1. The summed E-state index contributed by atoms with van der Waals surface area (Å²) in [7, 11) is 1.41. The molecule has 1 aromatic heterocycles. The Hall–Kier alpha value is -3.59. The third-order valence-corrected chi connectivity index (χ3v) is 6.80. The molecule has 2 aliphatic heterocycles. The number of hydrogen-bond donors (Lipinski definition) is 3. The number of aromatic amines is 1. The van der Waals surface area contributed by atoms with Crippen LogP contribution in [-0.2, 0) is 11.2 Å². The van der Waals surface area contributed by atoms with E-state index in [-0.39, 0.29) is 23.4 Å². The molecule has 0 saturated carbocycles. The molecule has 3 heterocycles. The van der Waals surface area contributed by atoms with Crippen LogP contribution in [0.2, 0.25) is 0 Å². The Morgan fingerprint density at radius 1 is 1.26 bits per heavy atom. The minimum Gasteiger partial charge on any atom is -0.508 e. The van der Waals surface area contributed by atoms with Gasteiger partial charge >= 0.3 is 6.03 Å². The number of carbonyl (C=O) groups excluding carboxylic acids is 2. The predicted octanol–water partition coefficient (Wildman–Crippen LogP) is 3.69. The maximum absolute atomic E-state index is 14.5. The minimum absolute atomic E-state index is 0.0598. The highest BCUT2D eigenvalue weighted by atomic mass is 19.1. The molecule has 3 aromatic rings. The van der Waals surface area contributed by atoms with Crippen LogP contribution in [0.3, 0.4) is 0 Å². The summed E-state index contributed by atoms with van der Waals surface area (Å²) in [4.78, 5) is 33.3. The maximum Gasteiger partial charge on any atom is 0.328 e. The normalized spacial score (nSPS) is 19.6. The number of aromatic hydroxyl groups is 1. The average molecular weight is 481 g/mol. The first-order chi connectivity index (χ1) is 16.8. The Bertz CT molecular complexity index is 1300. The van der Waals surface area contributed by atoms with E-state index < -0.39 is 17.9 Å². The third kappa shape index (κ3) is 3.89. The lowest BCUT2D eigenvalue weighted by Gasteiger charge is -2.36. The molecule has 35 heavy (non-hydrogen) atoms. The van der Waals surface area contributed by atoms with Gasteiger partial charge in [0, 0.05) is 41.7 Å². The van der Waals surface area contributed by atoms with E-state index in [1.807, 2.05) is 19.9 Å². The first-order valence-corrected chi connectivity index (χ1v) is 11.8. The zero-order valence-corrected chi connectivity index (χ0v) is 20.0. The van der Waals surface area contributed by atoms with Crippen LogP contribution < -0.4 is 10.1 Å². The zero-order chi connectivity index (χ0) is 24.9. The zero-order valence-electron chi connectivity index (χ0n) is 20.0. The van der Waals surface area contributed by atoms with Crippen LogP contribution in [0, 0.1) is 5.82 Å². The number of nitrogens with zero attached hydrogens (tertiary/aromatic N) is 2. The number of amides is 3. The molecule has 1 unspecified atom stereocenters. The number of fused-ring (bicyclic) bond motifs is 4. The first-order valence-electron chi connectivity index (χ1n) is 11.8. The highest BCUT2D eigenvalue weighted by Crippen LogP contribution is 2.45. The molecule has 0 radical (unpaired) electrons. The quantitative estimate of drug-likeness (QED) is 0.354. The number of hydrogen-bond acceptors (Lipinski definition) is 5. The number of nitrogens with one attached hydrogen (secondary N) is 2. The molecule has 1 fully saturated rings. The summed E-state index contributed by atoms with van der Waals surface area (Å²) < 4.78 is 19.6. The molecular formula is C26H29FN4O4. The molecule has 2 aliphatic rings. The summed E-state index contributed by atoms with van der Waals surface area (Å²) in [5.41, 5.74) is 2.78. The number of urea groups is 1. The molecule has 5 rings (SSSR count). The van der Waals surface area contributed by atoms with Gasteiger partial charge in [0.1, 0.15) is 17.8 Å². The molecular weight excluding hydrogens is 451 g/mol. The van der Waals surface area contributed by atoms with E-state index in [9.17, 15) is 19.1 Å². The van der Waals surface area contributed by atoms with Gasteiger partial charge in [0.25, 0.3) is 5.91 Å². The van der Waals surface area contributed by atoms with Gasteiger partial charge in [-0.05, 0) is 42.3 Å². The highest BCUT2D eigenvalue weighted by Gasteiger charge is 2.52. The van der Waals surface area contributed by atoms with Crippen LogP contribution in [0.25, 0.3) is 10.9 Å². The molecule has 2 aromatic carbocycles. The summed E-state index contributed by atoms with van der Waals surface area (Å²) in [6, 6.07) is 8.32. The number of methoxy groups -OCH3 is 1. The second-order valence-electron chi connectivity index (χ2n) is 9.41. The van der Waals surface area contributed by atoms with Gasteiger partial charge in [-0.2, -0.15) is 0 Å². The van der Waals surface area contributed by atoms with Crippen molar-refractivity contribution in [2.75, 3.05) is 20.2 Å². The number of ether oxygens (including phenoxy) is 1. The van der Waals surface area contributed by atoms with Crippen molar-refractivity contribution in [2.45, 2.75) is 44.8 Å². The minimum atomic E-state index is -0.685. The average Bonchev–Trinajstić information content (AvgIpc) is 3.28. The second-order valence-corrected chi connectivity index (χ2v) is 9.41. The largest absolute Gasteiger partial charge is 0.508 e. The lowest BCUT2D eigenvalue weighted by atomic mass is 9.88. The van der Waals surface area contributed by atoms with Crippen molar-refractivity contribution in [3.05, 3.63) is 59.0 Å². The Morgan fingerprint density at radius 3 is 2.77 bits per heavy atom. The molecule has 2 atom stereocenters. The van der Waals surface area contributed by atoms with Crippen LogP contribution in [0.5, 0.6) is 11.5 Å². The number of aromatic nitrogens is 1. The first kappa shape index (κ1) is 23.2. The SMILES string of the molecule is COc1cc2c3c([nH]c2cc1F)C(c1cccc(O)c1)N1C(=O)N(CCCNC(C)C)C(=O)[C@@H]1C3. The van der Waals surface area contributed by atoms with E-state index in [0.717, 1.165) is 10.9 Å². The van der Waals surface area contributed by atoms with Crippen molar-refractivity contribution in [2.24, 2.45) is 0 Å². The molecule has 0 aliphatic carbocycles. The van der Waals surface area contributed by atoms with Crippen molar-refractivity contribution in [3.8, 4) is 11.5 Å². The number of carbonyl (C=O) groups is 2. The summed E-state index contributed by atoms with van der Waals surface area (Å²) in [6.45, 7) is 5.12.